The van der Waals surface area contributed by atoms with Crippen LogP contribution in [0.25, 0.3) is 0 Å². The first kappa shape index (κ1) is 10.9. The zero-order valence-electron chi connectivity index (χ0n) is 9.69. The van der Waals surface area contributed by atoms with E-state index in [1.165, 1.54) is 7.11 Å². The highest BCUT2D eigenvalue weighted by Crippen LogP contribution is 2.49. The molecule has 0 amide bonds. The lowest BCUT2D eigenvalue weighted by molar-refractivity contribution is 0.342. The third-order valence-electron chi connectivity index (χ3n) is 3.90. The molecule has 3 rings (SSSR count). The van der Waals surface area contributed by atoms with Crippen LogP contribution in [-0.4, -0.2) is 26.8 Å². The number of sulfone groups is 1. The minimum Gasteiger partial charge on any atom is -0.495 e. The normalized spacial score (nSPS) is 23.4. The van der Waals surface area contributed by atoms with Crippen molar-refractivity contribution in [2.45, 2.75) is 28.9 Å². The second kappa shape index (κ2) is 3.38. The summed E-state index contributed by atoms with van der Waals surface area (Å²) in [6, 6.07) is 5.30. The van der Waals surface area contributed by atoms with Crippen molar-refractivity contribution in [1.82, 2.24) is 0 Å². The zero-order valence-corrected chi connectivity index (χ0v) is 10.5. The number of hydrogen-bond donors (Lipinski definition) is 1. The molecule has 1 aromatic rings. The van der Waals surface area contributed by atoms with Gasteiger partial charge in [-0.1, -0.05) is 12.5 Å². The largest absolute Gasteiger partial charge is 0.495 e. The molecule has 1 aromatic carbocycles. The van der Waals surface area contributed by atoms with Gasteiger partial charge in [-0.15, -0.1) is 0 Å². The molecule has 0 saturated heterocycles. The summed E-state index contributed by atoms with van der Waals surface area (Å²) >= 11 is 0. The molecule has 0 bridgehead atoms. The highest BCUT2D eigenvalue weighted by Gasteiger charge is 2.53. The second-order valence-corrected chi connectivity index (χ2v) is 7.01. The van der Waals surface area contributed by atoms with Gasteiger partial charge in [-0.05, 0) is 25.0 Å². The number of anilines is 1. The molecule has 17 heavy (non-hydrogen) atoms. The van der Waals surface area contributed by atoms with Gasteiger partial charge >= 0.3 is 0 Å². The lowest BCUT2D eigenvalue weighted by Crippen LogP contribution is -2.53. The molecule has 1 saturated carbocycles. The second-order valence-electron chi connectivity index (χ2n) is 4.73. The van der Waals surface area contributed by atoms with E-state index in [2.05, 4.69) is 5.32 Å². The molecule has 1 aliphatic heterocycles. The molecule has 0 atom stereocenters. The van der Waals surface area contributed by atoms with Gasteiger partial charge in [0.25, 0.3) is 0 Å². The molecular weight excluding hydrogens is 238 g/mol. The third kappa shape index (κ3) is 1.26. The number of benzene rings is 1. The number of rotatable bonds is 1. The van der Waals surface area contributed by atoms with Crippen molar-refractivity contribution < 1.29 is 13.2 Å². The maximum absolute atomic E-state index is 12.7. The topological polar surface area (TPSA) is 55.4 Å². The predicted molar refractivity (Wildman–Crippen MR) is 65.3 cm³/mol. The fraction of sp³-hybridized carbons (Fsp3) is 0.500. The quantitative estimate of drug-likeness (QED) is 0.829. The van der Waals surface area contributed by atoms with Gasteiger partial charge in [0.15, 0.2) is 9.84 Å². The van der Waals surface area contributed by atoms with Crippen LogP contribution in [0.1, 0.15) is 19.3 Å². The Hall–Kier alpha value is -1.23. The number of hydrogen-bond acceptors (Lipinski definition) is 4. The van der Waals surface area contributed by atoms with Crippen LogP contribution in [0.2, 0.25) is 0 Å². The number of ether oxygens (including phenoxy) is 1. The van der Waals surface area contributed by atoms with Gasteiger partial charge in [0.2, 0.25) is 0 Å². The Kier molecular flexibility index (Phi) is 2.17. The first-order chi connectivity index (χ1) is 8.11. The van der Waals surface area contributed by atoms with Gasteiger partial charge in [0.05, 0.1) is 17.5 Å². The Labute approximate surface area is 101 Å². The van der Waals surface area contributed by atoms with Crippen LogP contribution in [0.15, 0.2) is 23.1 Å². The third-order valence-corrected chi connectivity index (χ3v) is 6.55. The molecule has 0 radical (unpaired) electrons. The van der Waals surface area contributed by atoms with Crippen LogP contribution >= 0.6 is 0 Å². The van der Waals surface area contributed by atoms with Crippen molar-refractivity contribution in [3.63, 3.8) is 0 Å². The summed E-state index contributed by atoms with van der Waals surface area (Å²) in [5, 5.41) is 3.23. The number of nitrogens with one attached hydrogen (secondary N) is 1. The molecular formula is C12H15NO3S. The van der Waals surface area contributed by atoms with E-state index in [-0.39, 0.29) is 0 Å². The molecule has 1 spiro atoms. The van der Waals surface area contributed by atoms with Crippen molar-refractivity contribution in [2.75, 3.05) is 19.0 Å². The van der Waals surface area contributed by atoms with E-state index >= 15 is 0 Å². The standard InChI is InChI=1S/C12H15NO3S/c1-16-10-5-2-4-9-11(10)17(14,15)12(8-13-9)6-3-7-12/h2,4-5,13H,3,6-8H2,1H3. The van der Waals surface area contributed by atoms with Gasteiger partial charge in [0, 0.05) is 6.54 Å². The highest BCUT2D eigenvalue weighted by molar-refractivity contribution is 7.93. The SMILES string of the molecule is COc1cccc2c1S(=O)(=O)C1(CCC1)CN2. The molecule has 1 aliphatic carbocycles. The molecule has 4 nitrogen and oxygen atoms in total. The molecule has 2 aliphatic rings. The van der Waals surface area contributed by atoms with Crippen LogP contribution in [0.5, 0.6) is 5.75 Å². The molecule has 92 valence electrons. The smallest absolute Gasteiger partial charge is 0.191 e. The minimum absolute atomic E-state index is 0.341. The van der Waals surface area contributed by atoms with E-state index in [1.54, 1.807) is 18.2 Å². The Morgan fingerprint density at radius 2 is 2.12 bits per heavy atom. The Morgan fingerprint density at radius 1 is 1.35 bits per heavy atom. The maximum Gasteiger partial charge on any atom is 0.191 e. The Morgan fingerprint density at radius 3 is 2.71 bits per heavy atom. The maximum atomic E-state index is 12.7. The van der Waals surface area contributed by atoms with Crippen LogP contribution in [0.4, 0.5) is 5.69 Å². The summed E-state index contributed by atoms with van der Waals surface area (Å²) in [7, 11) is -1.77. The molecule has 0 unspecified atom stereocenters. The summed E-state index contributed by atoms with van der Waals surface area (Å²) in [5.74, 6) is 0.445. The number of fused-ring (bicyclic) bond motifs is 1. The van der Waals surface area contributed by atoms with Crippen LogP contribution < -0.4 is 10.1 Å². The van der Waals surface area contributed by atoms with Crippen LogP contribution in [0.3, 0.4) is 0 Å². The average molecular weight is 253 g/mol. The Bertz CT molecular complexity index is 547. The van der Waals surface area contributed by atoms with Gasteiger partial charge in [-0.3, -0.25) is 0 Å². The van der Waals surface area contributed by atoms with Gasteiger partial charge in [-0.2, -0.15) is 0 Å². The molecule has 0 aromatic heterocycles. The lowest BCUT2D eigenvalue weighted by atomic mass is 9.84. The molecule has 1 heterocycles. The van der Waals surface area contributed by atoms with E-state index < -0.39 is 14.6 Å². The van der Waals surface area contributed by atoms with Crippen molar-refractivity contribution in [2.24, 2.45) is 0 Å². The first-order valence-corrected chi connectivity index (χ1v) is 7.25. The summed E-state index contributed by atoms with van der Waals surface area (Å²) in [6.45, 7) is 0.523. The van der Waals surface area contributed by atoms with E-state index in [9.17, 15) is 8.42 Å². The van der Waals surface area contributed by atoms with Crippen molar-refractivity contribution >= 4 is 15.5 Å². The van der Waals surface area contributed by atoms with Crippen molar-refractivity contribution in [1.29, 1.82) is 0 Å². The van der Waals surface area contributed by atoms with Gasteiger partial charge in [-0.25, -0.2) is 8.42 Å². The molecule has 1 fully saturated rings. The fourth-order valence-corrected chi connectivity index (χ4v) is 5.04. The molecule has 1 N–H and O–H groups in total. The monoisotopic (exact) mass is 253 g/mol. The predicted octanol–water partition coefficient (Wildman–Crippen LogP) is 1.82. The van der Waals surface area contributed by atoms with Crippen molar-refractivity contribution in [3.05, 3.63) is 18.2 Å². The Balaban J connectivity index is 2.24. The summed E-state index contributed by atoms with van der Waals surface area (Å²) in [6.07, 6.45) is 2.49. The van der Waals surface area contributed by atoms with Gasteiger partial charge < -0.3 is 10.1 Å². The lowest BCUT2D eigenvalue weighted by Gasteiger charge is -2.44. The van der Waals surface area contributed by atoms with Crippen LogP contribution in [0, 0.1) is 0 Å². The van der Waals surface area contributed by atoms with E-state index in [4.69, 9.17) is 4.74 Å². The summed E-state index contributed by atoms with van der Waals surface area (Å²) in [5.41, 5.74) is 0.668. The van der Waals surface area contributed by atoms with Crippen LogP contribution in [-0.2, 0) is 9.84 Å². The average Bonchev–Trinajstić information content (AvgIpc) is 2.26. The zero-order chi connectivity index (χ0) is 12.1. The van der Waals surface area contributed by atoms with E-state index in [0.29, 0.717) is 22.9 Å². The summed E-state index contributed by atoms with van der Waals surface area (Å²) < 4.78 is 29.9. The van der Waals surface area contributed by atoms with E-state index in [1.807, 2.05) is 0 Å². The summed E-state index contributed by atoms with van der Waals surface area (Å²) in [4.78, 5) is 0.341. The number of methoxy groups -OCH3 is 1. The van der Waals surface area contributed by atoms with E-state index in [0.717, 1.165) is 19.3 Å². The first-order valence-electron chi connectivity index (χ1n) is 5.76. The molecule has 5 heteroatoms. The fourth-order valence-electron chi connectivity index (χ4n) is 2.68. The highest BCUT2D eigenvalue weighted by atomic mass is 32.2. The minimum atomic E-state index is -3.28. The van der Waals surface area contributed by atoms with Gasteiger partial charge in [0.1, 0.15) is 10.6 Å². The van der Waals surface area contributed by atoms with Crippen molar-refractivity contribution in [3.8, 4) is 5.75 Å².